The van der Waals surface area contributed by atoms with Gasteiger partial charge in [-0.25, -0.2) is 0 Å². The van der Waals surface area contributed by atoms with Gasteiger partial charge in [-0.15, -0.1) is 0 Å². The Morgan fingerprint density at radius 2 is 0.564 bits per heavy atom. The number of hydrogen-bond donors (Lipinski definition) is 1. The van der Waals surface area contributed by atoms with Crippen LogP contribution in [0.1, 0.15) is 108 Å². The molecule has 0 radical (unpaired) electrons. The molecule has 1 N–H and O–H groups in total. The van der Waals surface area contributed by atoms with Gasteiger partial charge in [-0.3, -0.25) is 0 Å². The lowest BCUT2D eigenvalue weighted by atomic mass is 10.3. The van der Waals surface area contributed by atoms with Crippen LogP contribution in [0, 0.1) is 0 Å². The molecule has 0 fully saturated rings. The van der Waals surface area contributed by atoms with Crippen molar-refractivity contribution in [3.63, 3.8) is 0 Å². The second-order valence-electron chi connectivity index (χ2n) is 12.9. The zero-order chi connectivity index (χ0) is 41.2. The van der Waals surface area contributed by atoms with Gasteiger partial charge in [0.05, 0.1) is 0 Å². The van der Waals surface area contributed by atoms with E-state index in [1.54, 1.807) is 0 Å². The van der Waals surface area contributed by atoms with Crippen LogP contribution < -0.4 is 5.32 Å². The summed E-state index contributed by atoms with van der Waals surface area (Å²) < 4.78 is 74.0. The molecule has 0 saturated carbocycles. The molecule has 332 valence electrons. The molecule has 0 aromatic carbocycles. The van der Waals surface area contributed by atoms with Gasteiger partial charge in [0, 0.05) is 103 Å². The van der Waals surface area contributed by atoms with Crippen molar-refractivity contribution in [1.82, 2.24) is 10.2 Å². The molecule has 0 heterocycles. The molecule has 0 saturated heterocycles. The normalized spacial score (nSPS) is 13.1. The molecule has 55 heavy (non-hydrogen) atoms. The topological polar surface area (TPSA) is 126 Å². The maximum Gasteiger partial charge on any atom is 0.500 e. The first-order valence-electron chi connectivity index (χ1n) is 21.7. The Kier molecular flexibility index (Phi) is 35.3. The first-order valence-corrected chi connectivity index (χ1v) is 29.4. The van der Waals surface area contributed by atoms with Crippen LogP contribution >= 0.6 is 0 Å². The standard InChI is InChI=1S/C37H86N2O12Si4/c1-12-40-52(41-13-2,42-14-3)34-24-28-38-29-25-35-54(46-18-7,47-19-8)50-32-22-23-33-51-55(48-20-9,49-21-10)37-27-31-39(11)30-26-36-53(43-15-4,44-16-5)45-17-6/h38H,12-37H2,1-11H3. The smallest absolute Gasteiger partial charge is 0.374 e. The average Bonchev–Trinajstić information content (AvgIpc) is 3.14. The van der Waals surface area contributed by atoms with E-state index < -0.39 is 35.2 Å². The summed E-state index contributed by atoms with van der Waals surface area (Å²) in [4.78, 5) is 2.35. The van der Waals surface area contributed by atoms with Gasteiger partial charge >= 0.3 is 35.2 Å². The first-order chi connectivity index (χ1) is 26.6. The highest BCUT2D eigenvalue weighted by atomic mass is 28.4. The minimum absolute atomic E-state index is 0.560. The molecule has 0 unspecified atom stereocenters. The van der Waals surface area contributed by atoms with Crippen molar-refractivity contribution in [3.8, 4) is 0 Å². The monoisotopic (exact) mass is 863 g/mol. The Morgan fingerprint density at radius 3 is 0.818 bits per heavy atom. The molecule has 14 nitrogen and oxygen atoms in total. The van der Waals surface area contributed by atoms with E-state index >= 15 is 0 Å². The lowest BCUT2D eigenvalue weighted by molar-refractivity contribution is 0.0537. The summed E-state index contributed by atoms with van der Waals surface area (Å²) in [5.41, 5.74) is 0. The third kappa shape index (κ3) is 24.9. The molecule has 0 aliphatic rings. The Bertz CT molecular complexity index is 816. The second-order valence-corrected chi connectivity index (χ2v) is 23.9. The number of nitrogens with zero attached hydrogens (tertiary/aromatic N) is 1. The minimum Gasteiger partial charge on any atom is -0.374 e. The van der Waals surface area contributed by atoms with Crippen LogP contribution in [-0.4, -0.2) is 153 Å². The van der Waals surface area contributed by atoms with Crippen molar-refractivity contribution in [2.45, 2.75) is 132 Å². The number of unbranched alkanes of at least 4 members (excludes halogenated alkanes) is 1. The molecule has 0 atom stereocenters. The van der Waals surface area contributed by atoms with Crippen molar-refractivity contribution in [1.29, 1.82) is 0 Å². The van der Waals surface area contributed by atoms with Gasteiger partial charge in [-0.1, -0.05) is 0 Å². The van der Waals surface area contributed by atoms with E-state index in [-0.39, 0.29) is 0 Å². The third-order valence-electron chi connectivity index (χ3n) is 8.54. The Morgan fingerprint density at radius 1 is 0.327 bits per heavy atom. The number of rotatable bonds is 43. The summed E-state index contributed by atoms with van der Waals surface area (Å²) in [6.45, 7) is 30.5. The van der Waals surface area contributed by atoms with Crippen molar-refractivity contribution in [2.24, 2.45) is 0 Å². The lowest BCUT2D eigenvalue weighted by Crippen LogP contribution is -2.47. The highest BCUT2D eigenvalue weighted by Crippen LogP contribution is 2.23. The van der Waals surface area contributed by atoms with Crippen molar-refractivity contribution < 1.29 is 53.1 Å². The maximum absolute atomic E-state index is 6.50. The van der Waals surface area contributed by atoms with Crippen molar-refractivity contribution >= 4 is 35.2 Å². The Balaban J connectivity index is 4.89. The quantitative estimate of drug-likeness (QED) is 0.0500. The van der Waals surface area contributed by atoms with Gasteiger partial charge in [0.1, 0.15) is 0 Å². The van der Waals surface area contributed by atoms with E-state index in [4.69, 9.17) is 53.1 Å². The van der Waals surface area contributed by atoms with Crippen LogP contribution in [0.3, 0.4) is 0 Å². The van der Waals surface area contributed by atoms with Gasteiger partial charge in [0.15, 0.2) is 0 Å². The van der Waals surface area contributed by atoms with E-state index in [1.165, 1.54) is 0 Å². The van der Waals surface area contributed by atoms with Crippen LogP contribution in [0.4, 0.5) is 0 Å². The average molecular weight is 863 g/mol. The molecular weight excluding hydrogens is 777 g/mol. The van der Waals surface area contributed by atoms with Crippen LogP contribution in [0.15, 0.2) is 0 Å². The SMILES string of the molecule is CCO[Si](CCCNCCC[Si](OCC)(OCC)OCCCCO[Si](CCCN(C)CCC[Si](OCC)(OCC)OCC)(OCC)OCC)(OCC)OCC. The molecule has 0 amide bonds. The molecule has 0 spiro atoms. The highest BCUT2D eigenvalue weighted by molar-refractivity contribution is 6.61. The molecule has 18 heteroatoms. The predicted octanol–water partition coefficient (Wildman–Crippen LogP) is 7.00. The molecule has 0 aliphatic heterocycles. The highest BCUT2D eigenvalue weighted by Gasteiger charge is 2.43. The van der Waals surface area contributed by atoms with Crippen molar-refractivity contribution in [2.75, 3.05) is 113 Å². The fourth-order valence-electron chi connectivity index (χ4n) is 6.45. The summed E-state index contributed by atoms with van der Waals surface area (Å²) in [6, 6.07) is 3.16. The molecule has 0 aromatic rings. The molecule has 0 rings (SSSR count). The van der Waals surface area contributed by atoms with E-state index in [0.717, 1.165) is 88.9 Å². The Labute approximate surface area is 342 Å². The lowest BCUT2D eigenvalue weighted by Gasteiger charge is -2.31. The largest absolute Gasteiger partial charge is 0.500 e. The van der Waals surface area contributed by atoms with E-state index in [2.05, 4.69) is 17.3 Å². The zero-order valence-electron chi connectivity index (χ0n) is 37.2. The fourth-order valence-corrected chi connectivity index (χ4v) is 16.9. The van der Waals surface area contributed by atoms with E-state index in [1.807, 2.05) is 69.2 Å². The number of nitrogens with one attached hydrogen (secondary N) is 1. The zero-order valence-corrected chi connectivity index (χ0v) is 41.2. The van der Waals surface area contributed by atoms with Crippen molar-refractivity contribution in [3.05, 3.63) is 0 Å². The van der Waals surface area contributed by atoms with E-state index in [0.29, 0.717) is 79.3 Å². The molecule has 0 aliphatic carbocycles. The summed E-state index contributed by atoms with van der Waals surface area (Å²) in [7, 11) is -8.71. The molecule has 0 aromatic heterocycles. The third-order valence-corrected chi connectivity index (χ3v) is 21.0. The fraction of sp³-hybridized carbons (Fsp3) is 1.00. The predicted molar refractivity (Wildman–Crippen MR) is 228 cm³/mol. The molecular formula is C37H86N2O12Si4. The Hall–Kier alpha value is 0.308. The van der Waals surface area contributed by atoms with Crippen LogP contribution in [0.2, 0.25) is 24.2 Å². The van der Waals surface area contributed by atoms with Crippen LogP contribution in [-0.2, 0) is 53.1 Å². The summed E-state index contributed by atoms with van der Waals surface area (Å²) >= 11 is 0. The summed E-state index contributed by atoms with van der Waals surface area (Å²) in [5, 5.41) is 3.57. The van der Waals surface area contributed by atoms with Crippen LogP contribution in [0.5, 0.6) is 0 Å². The maximum atomic E-state index is 6.50. The van der Waals surface area contributed by atoms with Gasteiger partial charge in [0.25, 0.3) is 0 Å². The minimum atomic E-state index is -2.82. The van der Waals surface area contributed by atoms with E-state index in [9.17, 15) is 0 Å². The second kappa shape index (κ2) is 35.1. The van der Waals surface area contributed by atoms with Crippen LogP contribution in [0.25, 0.3) is 0 Å². The van der Waals surface area contributed by atoms with Gasteiger partial charge in [-0.2, -0.15) is 0 Å². The molecule has 0 bridgehead atoms. The number of hydrogen-bond acceptors (Lipinski definition) is 14. The van der Waals surface area contributed by atoms with Gasteiger partial charge < -0.3 is 63.3 Å². The first kappa shape index (κ1) is 55.3. The summed E-state index contributed by atoms with van der Waals surface area (Å²) in [6.07, 6.45) is 5.39. The summed E-state index contributed by atoms with van der Waals surface area (Å²) in [5.74, 6) is 0. The van der Waals surface area contributed by atoms with Gasteiger partial charge in [0.2, 0.25) is 0 Å². The van der Waals surface area contributed by atoms with Gasteiger partial charge in [-0.05, 0) is 141 Å².